The first-order chi connectivity index (χ1) is 14.9. The van der Waals surface area contributed by atoms with E-state index in [4.69, 9.17) is 0 Å². The number of piperidine rings is 1. The van der Waals surface area contributed by atoms with Crippen molar-refractivity contribution in [3.05, 3.63) is 70.8 Å². The average Bonchev–Trinajstić information content (AvgIpc) is 2.75. The number of benzene rings is 2. The molecule has 0 unspecified atom stereocenters. The van der Waals surface area contributed by atoms with E-state index in [1.807, 2.05) is 24.3 Å². The van der Waals surface area contributed by atoms with E-state index in [1.54, 1.807) is 0 Å². The maximum absolute atomic E-state index is 13.6. The summed E-state index contributed by atoms with van der Waals surface area (Å²) in [6.07, 6.45) is 1.49. The molecule has 3 rings (SSSR count). The van der Waals surface area contributed by atoms with Gasteiger partial charge in [-0.05, 0) is 36.1 Å². The van der Waals surface area contributed by atoms with Gasteiger partial charge in [-0.25, -0.2) is 8.78 Å². The van der Waals surface area contributed by atoms with E-state index in [-0.39, 0.29) is 30.5 Å². The van der Waals surface area contributed by atoms with Crippen LogP contribution in [0.25, 0.3) is 0 Å². The quantitative estimate of drug-likeness (QED) is 0.599. The van der Waals surface area contributed by atoms with Gasteiger partial charge in [-0.2, -0.15) is 0 Å². The fourth-order valence-electron chi connectivity index (χ4n) is 3.45. The molecule has 1 aliphatic heterocycles. The van der Waals surface area contributed by atoms with Crippen LogP contribution in [0.15, 0.2) is 42.5 Å². The Morgan fingerprint density at radius 1 is 1.00 bits per heavy atom. The van der Waals surface area contributed by atoms with E-state index in [9.17, 15) is 23.5 Å². The van der Waals surface area contributed by atoms with Crippen LogP contribution in [0.1, 0.15) is 40.7 Å². The van der Waals surface area contributed by atoms with Gasteiger partial charge in [0.2, 0.25) is 5.91 Å². The lowest BCUT2D eigenvalue weighted by Crippen LogP contribution is -2.35. The Labute approximate surface area is 180 Å². The zero-order chi connectivity index (χ0) is 22.2. The Morgan fingerprint density at radius 2 is 1.68 bits per heavy atom. The number of halogens is 2. The van der Waals surface area contributed by atoms with Crippen molar-refractivity contribution in [3.63, 3.8) is 0 Å². The van der Waals surface area contributed by atoms with E-state index in [0.717, 1.165) is 50.2 Å². The van der Waals surface area contributed by atoms with Gasteiger partial charge in [0.05, 0.1) is 11.7 Å². The molecule has 2 aromatic carbocycles. The number of carbonyl (C=O) groups is 2. The van der Waals surface area contributed by atoms with Crippen LogP contribution in [0.4, 0.5) is 8.78 Å². The number of hydrogen-bond donors (Lipinski definition) is 3. The van der Waals surface area contributed by atoms with Crippen LogP contribution in [-0.4, -0.2) is 47.6 Å². The van der Waals surface area contributed by atoms with Crippen LogP contribution in [0, 0.1) is 11.6 Å². The highest BCUT2D eigenvalue weighted by Crippen LogP contribution is 2.14. The molecule has 0 bridgehead atoms. The van der Waals surface area contributed by atoms with Crippen molar-refractivity contribution in [2.75, 3.05) is 19.6 Å². The van der Waals surface area contributed by atoms with Crippen LogP contribution in [0.5, 0.6) is 0 Å². The van der Waals surface area contributed by atoms with Gasteiger partial charge in [0.1, 0.15) is 11.6 Å². The van der Waals surface area contributed by atoms with E-state index in [0.29, 0.717) is 12.6 Å². The number of aliphatic hydroxyl groups excluding tert-OH is 1. The van der Waals surface area contributed by atoms with Gasteiger partial charge >= 0.3 is 0 Å². The SMILES string of the molecule is O=C(CCNC(=O)c1ccc(F)cc1F)NCc1ccc(CN2CCC(O)CC2)cc1. The van der Waals surface area contributed by atoms with Crippen molar-refractivity contribution in [2.45, 2.75) is 38.5 Å². The summed E-state index contributed by atoms with van der Waals surface area (Å²) >= 11 is 0. The van der Waals surface area contributed by atoms with Crippen LogP contribution >= 0.6 is 0 Å². The minimum absolute atomic E-state index is 0.0466. The topological polar surface area (TPSA) is 81.7 Å². The van der Waals surface area contributed by atoms with E-state index >= 15 is 0 Å². The van der Waals surface area contributed by atoms with Crippen LogP contribution in [0.3, 0.4) is 0 Å². The van der Waals surface area contributed by atoms with Crippen molar-refractivity contribution in [3.8, 4) is 0 Å². The Bertz CT molecular complexity index is 897. The number of amides is 2. The third kappa shape index (κ3) is 7.11. The number of rotatable bonds is 8. The summed E-state index contributed by atoms with van der Waals surface area (Å²) in [7, 11) is 0. The van der Waals surface area contributed by atoms with Crippen LogP contribution in [-0.2, 0) is 17.9 Å². The zero-order valence-electron chi connectivity index (χ0n) is 17.2. The lowest BCUT2D eigenvalue weighted by atomic mass is 10.1. The second-order valence-electron chi connectivity index (χ2n) is 7.73. The molecular formula is C23H27F2N3O3. The first kappa shape index (κ1) is 22.8. The normalized spacial score (nSPS) is 14.9. The van der Waals surface area contributed by atoms with E-state index < -0.39 is 17.5 Å². The summed E-state index contributed by atoms with van der Waals surface area (Å²) in [6.45, 7) is 3.04. The van der Waals surface area contributed by atoms with Crippen molar-refractivity contribution in [2.24, 2.45) is 0 Å². The summed E-state index contributed by atoms with van der Waals surface area (Å²) in [5.41, 5.74) is 1.88. The standard InChI is InChI=1S/C23H27F2N3O3/c24-18-5-6-20(21(25)13-18)23(31)26-10-7-22(30)27-14-16-1-3-17(4-2-16)15-28-11-8-19(29)9-12-28/h1-6,13,19,29H,7-12,14-15H2,(H,26,31)(H,27,30). The van der Waals surface area contributed by atoms with Crippen molar-refractivity contribution in [1.29, 1.82) is 0 Å². The molecule has 31 heavy (non-hydrogen) atoms. The number of nitrogens with zero attached hydrogens (tertiary/aromatic N) is 1. The molecule has 166 valence electrons. The number of likely N-dealkylation sites (tertiary alicyclic amines) is 1. The molecule has 0 saturated carbocycles. The number of hydrogen-bond acceptors (Lipinski definition) is 4. The van der Waals surface area contributed by atoms with Gasteiger partial charge in [0, 0.05) is 45.2 Å². The molecule has 2 aromatic rings. The summed E-state index contributed by atoms with van der Waals surface area (Å²) < 4.78 is 26.5. The fourth-order valence-corrected chi connectivity index (χ4v) is 3.45. The molecule has 1 saturated heterocycles. The number of nitrogens with one attached hydrogen (secondary N) is 2. The Kier molecular flexibility index (Phi) is 8.08. The van der Waals surface area contributed by atoms with Gasteiger partial charge in [-0.15, -0.1) is 0 Å². The third-order valence-electron chi connectivity index (χ3n) is 5.29. The van der Waals surface area contributed by atoms with E-state index in [2.05, 4.69) is 15.5 Å². The van der Waals surface area contributed by atoms with Gasteiger partial charge in [-0.1, -0.05) is 24.3 Å². The highest BCUT2D eigenvalue weighted by molar-refractivity contribution is 5.94. The lowest BCUT2D eigenvalue weighted by Gasteiger charge is -2.29. The van der Waals surface area contributed by atoms with Gasteiger partial charge in [-0.3, -0.25) is 14.5 Å². The van der Waals surface area contributed by atoms with Gasteiger partial charge in [0.25, 0.3) is 5.91 Å². The monoisotopic (exact) mass is 431 g/mol. The molecule has 0 spiro atoms. The Balaban J connectivity index is 1.36. The molecule has 1 aliphatic rings. The molecule has 2 amide bonds. The van der Waals surface area contributed by atoms with Crippen molar-refractivity contribution >= 4 is 11.8 Å². The molecule has 0 aromatic heterocycles. The summed E-state index contributed by atoms with van der Waals surface area (Å²) in [5, 5.41) is 14.8. The van der Waals surface area contributed by atoms with E-state index in [1.165, 1.54) is 5.56 Å². The first-order valence-electron chi connectivity index (χ1n) is 10.4. The van der Waals surface area contributed by atoms with Crippen LogP contribution < -0.4 is 10.6 Å². The molecule has 8 heteroatoms. The summed E-state index contributed by atoms with van der Waals surface area (Å²) in [4.78, 5) is 26.2. The van der Waals surface area contributed by atoms with Crippen molar-refractivity contribution < 1.29 is 23.5 Å². The van der Waals surface area contributed by atoms with Crippen LogP contribution in [0.2, 0.25) is 0 Å². The Morgan fingerprint density at radius 3 is 2.35 bits per heavy atom. The highest BCUT2D eigenvalue weighted by Gasteiger charge is 2.17. The maximum Gasteiger partial charge on any atom is 0.254 e. The Hall–Kier alpha value is -2.84. The maximum atomic E-state index is 13.6. The van der Waals surface area contributed by atoms with Gasteiger partial charge in [0.15, 0.2) is 0 Å². The number of aliphatic hydroxyl groups is 1. The molecule has 6 nitrogen and oxygen atoms in total. The van der Waals surface area contributed by atoms with Crippen molar-refractivity contribution in [1.82, 2.24) is 15.5 Å². The molecular weight excluding hydrogens is 404 g/mol. The fraction of sp³-hybridized carbons (Fsp3) is 0.391. The molecule has 0 radical (unpaired) electrons. The molecule has 0 aliphatic carbocycles. The largest absolute Gasteiger partial charge is 0.393 e. The predicted octanol–water partition coefficient (Wildman–Crippen LogP) is 2.36. The zero-order valence-corrected chi connectivity index (χ0v) is 17.2. The summed E-state index contributed by atoms with van der Waals surface area (Å²) in [5.74, 6) is -2.63. The predicted molar refractivity (Wildman–Crippen MR) is 112 cm³/mol. The van der Waals surface area contributed by atoms with Gasteiger partial charge < -0.3 is 15.7 Å². The smallest absolute Gasteiger partial charge is 0.254 e. The molecule has 0 atom stereocenters. The average molecular weight is 431 g/mol. The first-order valence-corrected chi connectivity index (χ1v) is 10.4. The molecule has 3 N–H and O–H groups in total. The minimum atomic E-state index is -0.941. The second kappa shape index (κ2) is 11.0. The second-order valence-corrected chi connectivity index (χ2v) is 7.73. The summed E-state index contributed by atoms with van der Waals surface area (Å²) in [6, 6.07) is 10.7. The third-order valence-corrected chi connectivity index (χ3v) is 5.29. The highest BCUT2D eigenvalue weighted by atomic mass is 19.1. The lowest BCUT2D eigenvalue weighted by molar-refractivity contribution is -0.121. The molecule has 1 fully saturated rings. The number of carbonyl (C=O) groups excluding carboxylic acids is 2. The minimum Gasteiger partial charge on any atom is -0.393 e. The molecule has 1 heterocycles.